The van der Waals surface area contributed by atoms with Crippen molar-refractivity contribution in [2.75, 3.05) is 5.73 Å². The summed E-state index contributed by atoms with van der Waals surface area (Å²) in [6.07, 6.45) is 0. The van der Waals surface area contributed by atoms with Gasteiger partial charge in [0, 0.05) is 17.2 Å². The molecule has 25 heavy (non-hydrogen) atoms. The third-order valence-electron chi connectivity index (χ3n) is 3.22. The van der Waals surface area contributed by atoms with Gasteiger partial charge in [-0.2, -0.15) is 10.5 Å². The summed E-state index contributed by atoms with van der Waals surface area (Å²) in [6.45, 7) is 0. The molecule has 124 valence electrons. The number of hydrogen-bond acceptors (Lipinski definition) is 9. The third-order valence-corrected chi connectivity index (χ3v) is 3.22. The highest BCUT2D eigenvalue weighted by atomic mass is 16.6. The maximum Gasteiger partial charge on any atom is 0.318 e. The Labute approximate surface area is 137 Å². The molecule has 0 unspecified atom stereocenters. The summed E-state index contributed by atoms with van der Waals surface area (Å²) in [5.74, 6) is -1.51. The first-order valence-corrected chi connectivity index (χ1v) is 6.25. The molecule has 0 aliphatic heterocycles. The van der Waals surface area contributed by atoms with E-state index in [0.717, 1.165) is 0 Å². The van der Waals surface area contributed by atoms with E-state index in [9.17, 15) is 35.4 Å². The topological polar surface area (TPSA) is 213 Å². The van der Waals surface area contributed by atoms with E-state index in [1.54, 1.807) is 6.07 Å². The maximum absolute atomic E-state index is 11.9. The number of nitro benzene ring substituents is 2. The number of anilines is 1. The number of pyridine rings is 1. The van der Waals surface area contributed by atoms with Gasteiger partial charge in [0.15, 0.2) is 0 Å². The lowest BCUT2D eigenvalue weighted by molar-refractivity contribution is -0.394. The number of phenols is 1. The lowest BCUT2D eigenvalue weighted by Crippen LogP contribution is -2.16. The maximum atomic E-state index is 11.9. The number of H-pyrrole nitrogens is 1. The Balaban J connectivity index is 3.10. The third kappa shape index (κ3) is 2.66. The standard InChI is InChI=1S/C13H6N6O6/c14-3-7-10(8(4-15)13(21)17-12(7)16)6-1-5(18(22)23)2-9(11(6)20)19(24)25/h1-2,20H,(H3,16,17,21). The van der Waals surface area contributed by atoms with E-state index < -0.39 is 60.6 Å². The van der Waals surface area contributed by atoms with Crippen molar-refractivity contribution in [1.82, 2.24) is 4.98 Å². The van der Waals surface area contributed by atoms with Gasteiger partial charge in [0.2, 0.25) is 5.75 Å². The van der Waals surface area contributed by atoms with Gasteiger partial charge in [0.1, 0.15) is 29.1 Å². The fourth-order valence-corrected chi connectivity index (χ4v) is 2.15. The minimum Gasteiger partial charge on any atom is -0.502 e. The second-order valence-electron chi connectivity index (χ2n) is 4.59. The molecule has 2 aromatic rings. The van der Waals surface area contributed by atoms with Crippen molar-refractivity contribution in [3.63, 3.8) is 0 Å². The zero-order valence-electron chi connectivity index (χ0n) is 12.0. The van der Waals surface area contributed by atoms with Gasteiger partial charge in [-0.3, -0.25) is 25.0 Å². The predicted octanol–water partition coefficient (Wildman–Crippen LogP) is 0.889. The molecule has 4 N–H and O–H groups in total. The Bertz CT molecular complexity index is 1070. The van der Waals surface area contributed by atoms with E-state index in [-0.39, 0.29) is 0 Å². The molecule has 12 heteroatoms. The van der Waals surface area contributed by atoms with Crippen LogP contribution in [0.3, 0.4) is 0 Å². The lowest BCUT2D eigenvalue weighted by Gasteiger charge is -2.10. The van der Waals surface area contributed by atoms with Crippen LogP contribution in [0.15, 0.2) is 16.9 Å². The van der Waals surface area contributed by atoms with Crippen LogP contribution in [0.5, 0.6) is 5.75 Å². The Hall–Kier alpha value is -4.45. The van der Waals surface area contributed by atoms with Gasteiger partial charge in [-0.05, 0) is 0 Å². The number of hydrogen-bond donors (Lipinski definition) is 3. The van der Waals surface area contributed by atoms with Crippen LogP contribution in [0.25, 0.3) is 11.1 Å². The van der Waals surface area contributed by atoms with E-state index in [4.69, 9.17) is 11.0 Å². The summed E-state index contributed by atoms with van der Waals surface area (Å²) < 4.78 is 0. The van der Waals surface area contributed by atoms with Crippen LogP contribution in [0.1, 0.15) is 11.1 Å². The smallest absolute Gasteiger partial charge is 0.318 e. The van der Waals surface area contributed by atoms with Gasteiger partial charge >= 0.3 is 5.69 Å². The van der Waals surface area contributed by atoms with Crippen LogP contribution in [0.4, 0.5) is 17.2 Å². The van der Waals surface area contributed by atoms with Crippen molar-refractivity contribution in [3.8, 4) is 29.0 Å². The number of nitrogens with one attached hydrogen (secondary N) is 1. The minimum atomic E-state index is -1.08. The predicted molar refractivity (Wildman–Crippen MR) is 81.3 cm³/mol. The van der Waals surface area contributed by atoms with E-state index in [1.165, 1.54) is 6.07 Å². The summed E-state index contributed by atoms with van der Waals surface area (Å²) in [4.78, 5) is 33.9. The average molecular weight is 342 g/mol. The van der Waals surface area contributed by atoms with Crippen LogP contribution in [0, 0.1) is 42.9 Å². The molecule has 0 saturated carbocycles. The number of aromatic amines is 1. The lowest BCUT2D eigenvalue weighted by atomic mass is 9.95. The average Bonchev–Trinajstić information content (AvgIpc) is 2.54. The molecule has 0 aliphatic carbocycles. The Morgan fingerprint density at radius 2 is 1.72 bits per heavy atom. The number of nitrogens with two attached hydrogens (primary N) is 1. The summed E-state index contributed by atoms with van der Waals surface area (Å²) in [6, 6.07) is 4.29. The Morgan fingerprint density at radius 3 is 2.20 bits per heavy atom. The Kier molecular flexibility index (Phi) is 4.04. The second kappa shape index (κ2) is 5.98. The molecule has 1 aromatic heterocycles. The van der Waals surface area contributed by atoms with E-state index in [2.05, 4.69) is 0 Å². The van der Waals surface area contributed by atoms with Gasteiger partial charge < -0.3 is 15.8 Å². The molecule has 0 bridgehead atoms. The minimum absolute atomic E-state index is 0.463. The van der Waals surface area contributed by atoms with Gasteiger partial charge in [-0.15, -0.1) is 0 Å². The number of aromatic hydroxyl groups is 1. The molecule has 0 aliphatic rings. The monoisotopic (exact) mass is 342 g/mol. The van der Waals surface area contributed by atoms with Gasteiger partial charge in [-0.1, -0.05) is 0 Å². The van der Waals surface area contributed by atoms with Crippen LogP contribution >= 0.6 is 0 Å². The first kappa shape index (κ1) is 16.9. The van der Waals surface area contributed by atoms with Gasteiger partial charge in [0.05, 0.1) is 15.9 Å². The van der Waals surface area contributed by atoms with Crippen molar-refractivity contribution in [2.45, 2.75) is 0 Å². The van der Waals surface area contributed by atoms with Crippen molar-refractivity contribution >= 4 is 17.2 Å². The molecule has 0 amide bonds. The van der Waals surface area contributed by atoms with E-state index >= 15 is 0 Å². The quantitative estimate of drug-likeness (QED) is 0.532. The Morgan fingerprint density at radius 1 is 1.12 bits per heavy atom. The molecule has 0 atom stereocenters. The molecular weight excluding hydrogens is 336 g/mol. The zero-order valence-corrected chi connectivity index (χ0v) is 12.0. The van der Waals surface area contributed by atoms with Crippen molar-refractivity contribution < 1.29 is 15.0 Å². The van der Waals surface area contributed by atoms with Crippen LogP contribution in [-0.2, 0) is 0 Å². The first-order chi connectivity index (χ1) is 11.7. The number of nitro groups is 2. The fourth-order valence-electron chi connectivity index (χ4n) is 2.15. The van der Waals surface area contributed by atoms with Crippen LogP contribution < -0.4 is 11.3 Å². The van der Waals surface area contributed by atoms with Gasteiger partial charge in [-0.25, -0.2) is 0 Å². The number of phenolic OH excluding ortho intramolecular Hbond substituents is 1. The van der Waals surface area contributed by atoms with Gasteiger partial charge in [0.25, 0.3) is 11.2 Å². The van der Waals surface area contributed by atoms with Crippen molar-refractivity contribution in [2.24, 2.45) is 0 Å². The molecular formula is C13H6N6O6. The SMILES string of the molecule is N#Cc1c(N)[nH]c(=O)c(C#N)c1-c1cc([N+](=O)[O-])cc([N+](=O)[O-])c1O. The molecule has 12 nitrogen and oxygen atoms in total. The largest absolute Gasteiger partial charge is 0.502 e. The van der Waals surface area contributed by atoms with Crippen molar-refractivity contribution in [3.05, 3.63) is 53.8 Å². The molecule has 0 spiro atoms. The number of nitriles is 2. The number of non-ortho nitro benzene ring substituents is 1. The highest BCUT2D eigenvalue weighted by Crippen LogP contribution is 2.42. The molecule has 1 aromatic carbocycles. The summed E-state index contributed by atoms with van der Waals surface area (Å²) in [5.41, 5.74) is 0.367. The molecule has 1 heterocycles. The molecule has 0 saturated heterocycles. The molecule has 0 fully saturated rings. The number of benzene rings is 1. The number of nitrogen functional groups attached to an aromatic ring is 1. The summed E-state index contributed by atoms with van der Waals surface area (Å²) >= 11 is 0. The van der Waals surface area contributed by atoms with E-state index in [0.29, 0.717) is 12.1 Å². The van der Waals surface area contributed by atoms with Crippen molar-refractivity contribution in [1.29, 1.82) is 10.5 Å². The normalized spacial score (nSPS) is 9.84. The van der Waals surface area contributed by atoms with Crippen LogP contribution in [-0.4, -0.2) is 19.9 Å². The molecule has 0 radical (unpaired) electrons. The first-order valence-electron chi connectivity index (χ1n) is 6.25. The number of rotatable bonds is 3. The van der Waals surface area contributed by atoms with Crippen LogP contribution in [0.2, 0.25) is 0 Å². The number of aromatic nitrogens is 1. The highest BCUT2D eigenvalue weighted by Gasteiger charge is 2.29. The summed E-state index contributed by atoms with van der Waals surface area (Å²) in [7, 11) is 0. The summed E-state index contributed by atoms with van der Waals surface area (Å²) in [5, 5.41) is 50.5. The number of nitrogens with zero attached hydrogens (tertiary/aromatic N) is 4. The second-order valence-corrected chi connectivity index (χ2v) is 4.59. The highest BCUT2D eigenvalue weighted by molar-refractivity contribution is 5.87. The van der Waals surface area contributed by atoms with E-state index in [1.807, 2.05) is 4.98 Å². The molecule has 2 rings (SSSR count). The zero-order chi connectivity index (χ0) is 18.9. The fraction of sp³-hybridized carbons (Fsp3) is 0.